The summed E-state index contributed by atoms with van der Waals surface area (Å²) in [5.41, 5.74) is 2.36. The zero-order chi connectivity index (χ0) is 21.8. The van der Waals surface area contributed by atoms with E-state index in [4.69, 9.17) is 0 Å². The van der Waals surface area contributed by atoms with Crippen LogP contribution < -0.4 is 5.32 Å². The van der Waals surface area contributed by atoms with Crippen molar-refractivity contribution in [2.75, 3.05) is 6.61 Å². The molecular formula is C24H25F2N3O2. The van der Waals surface area contributed by atoms with Gasteiger partial charge in [-0.25, -0.2) is 18.7 Å². The highest BCUT2D eigenvalue weighted by Crippen LogP contribution is 2.35. The number of aliphatic hydroxyl groups is 2. The van der Waals surface area contributed by atoms with Gasteiger partial charge in [-0.05, 0) is 42.5 Å². The third-order valence-corrected chi connectivity index (χ3v) is 6.01. The number of hydrogen-bond donors (Lipinski definition) is 3. The van der Waals surface area contributed by atoms with Gasteiger partial charge in [0, 0.05) is 42.6 Å². The summed E-state index contributed by atoms with van der Waals surface area (Å²) in [4.78, 5) is 9.04. The minimum Gasteiger partial charge on any atom is -0.396 e. The zero-order valence-electron chi connectivity index (χ0n) is 17.0. The summed E-state index contributed by atoms with van der Waals surface area (Å²) in [6, 6.07) is 15.2. The van der Waals surface area contributed by atoms with Gasteiger partial charge in [0.2, 0.25) is 0 Å². The summed E-state index contributed by atoms with van der Waals surface area (Å²) in [7, 11) is 0. The van der Waals surface area contributed by atoms with Crippen LogP contribution >= 0.6 is 0 Å². The number of aromatic nitrogens is 2. The Balaban J connectivity index is 1.50. The summed E-state index contributed by atoms with van der Waals surface area (Å²) in [5, 5.41) is 23.7. The Morgan fingerprint density at radius 2 is 1.81 bits per heavy atom. The van der Waals surface area contributed by atoms with Gasteiger partial charge in [0.1, 0.15) is 0 Å². The molecule has 4 unspecified atom stereocenters. The van der Waals surface area contributed by atoms with E-state index in [1.54, 1.807) is 6.20 Å². The fourth-order valence-electron chi connectivity index (χ4n) is 4.35. The molecule has 0 amide bonds. The first-order valence-electron chi connectivity index (χ1n) is 10.4. The Hall–Kier alpha value is -2.74. The Bertz CT molecular complexity index is 1020. The number of benzene rings is 2. The fraction of sp³-hybridized carbons (Fsp3) is 0.333. The lowest BCUT2D eigenvalue weighted by Gasteiger charge is -2.25. The number of hydrogen-bond acceptors (Lipinski definition) is 5. The summed E-state index contributed by atoms with van der Waals surface area (Å²) in [6.45, 7) is 0.202. The van der Waals surface area contributed by atoms with Gasteiger partial charge in [0.05, 0.1) is 6.10 Å². The van der Waals surface area contributed by atoms with E-state index in [0.29, 0.717) is 30.8 Å². The summed E-state index contributed by atoms with van der Waals surface area (Å²) in [5.74, 6) is -1.49. The molecule has 0 aliphatic heterocycles. The van der Waals surface area contributed by atoms with E-state index in [0.717, 1.165) is 17.3 Å². The molecule has 1 saturated carbocycles. The van der Waals surface area contributed by atoms with Crippen molar-refractivity contribution in [2.45, 2.75) is 31.5 Å². The molecule has 31 heavy (non-hydrogen) atoms. The van der Waals surface area contributed by atoms with E-state index in [1.165, 1.54) is 12.1 Å². The van der Waals surface area contributed by atoms with Crippen molar-refractivity contribution < 1.29 is 19.0 Å². The third kappa shape index (κ3) is 4.95. The highest BCUT2D eigenvalue weighted by molar-refractivity contribution is 5.54. The predicted octanol–water partition coefficient (Wildman–Crippen LogP) is 3.11. The lowest BCUT2D eigenvalue weighted by molar-refractivity contribution is 0.0716. The minimum atomic E-state index is -0.884. The molecule has 2 aromatic carbocycles. The maximum atomic E-state index is 13.5. The van der Waals surface area contributed by atoms with E-state index in [2.05, 4.69) is 15.3 Å². The maximum Gasteiger partial charge on any atom is 0.159 e. The number of nitrogens with zero attached hydrogens (tertiary/aromatic N) is 2. The Kier molecular flexibility index (Phi) is 6.65. The molecule has 1 heterocycles. The molecule has 7 heteroatoms. The minimum absolute atomic E-state index is 0.0659. The Morgan fingerprint density at radius 1 is 1.00 bits per heavy atom. The van der Waals surface area contributed by atoms with Crippen LogP contribution in [0, 0.1) is 23.5 Å². The van der Waals surface area contributed by atoms with E-state index < -0.39 is 17.7 Å². The van der Waals surface area contributed by atoms with Gasteiger partial charge < -0.3 is 15.5 Å². The summed E-state index contributed by atoms with van der Waals surface area (Å²) >= 11 is 0. The quantitative estimate of drug-likeness (QED) is 0.542. The summed E-state index contributed by atoms with van der Waals surface area (Å²) < 4.78 is 26.7. The Labute approximate surface area is 179 Å². The zero-order valence-corrected chi connectivity index (χ0v) is 17.0. The molecule has 1 fully saturated rings. The first-order chi connectivity index (χ1) is 15.0. The van der Waals surface area contributed by atoms with Crippen LogP contribution in [0.15, 0.2) is 60.8 Å². The van der Waals surface area contributed by atoms with Gasteiger partial charge >= 0.3 is 0 Å². The first-order valence-corrected chi connectivity index (χ1v) is 10.4. The molecule has 4 rings (SSSR count). The van der Waals surface area contributed by atoms with Crippen LogP contribution in [-0.2, 0) is 13.0 Å². The van der Waals surface area contributed by atoms with Crippen molar-refractivity contribution >= 4 is 0 Å². The van der Waals surface area contributed by atoms with Gasteiger partial charge in [-0.3, -0.25) is 0 Å². The topological polar surface area (TPSA) is 78.3 Å². The van der Waals surface area contributed by atoms with Crippen LogP contribution in [0.3, 0.4) is 0 Å². The van der Waals surface area contributed by atoms with E-state index in [1.807, 2.05) is 36.4 Å². The molecule has 1 aliphatic rings. The van der Waals surface area contributed by atoms with Gasteiger partial charge in [0.25, 0.3) is 0 Å². The van der Waals surface area contributed by atoms with Crippen molar-refractivity contribution in [3.63, 3.8) is 0 Å². The van der Waals surface area contributed by atoms with Crippen molar-refractivity contribution in [3.05, 3.63) is 83.7 Å². The molecule has 5 nitrogen and oxygen atoms in total. The standard InChI is InChI=1S/C24H25F2N3O2/c25-20-7-6-15(10-21(20)26)13-28-22-12-23(31)19(14-30)18(22)11-17-8-9-27-24(29-17)16-4-2-1-3-5-16/h1-10,18-19,22-23,28,30-31H,11-14H2. The Morgan fingerprint density at radius 3 is 2.55 bits per heavy atom. The number of aliphatic hydroxyl groups excluding tert-OH is 2. The van der Waals surface area contributed by atoms with Crippen molar-refractivity contribution in [1.29, 1.82) is 0 Å². The molecule has 162 valence electrons. The molecule has 0 spiro atoms. The number of halogens is 2. The van der Waals surface area contributed by atoms with Crippen molar-refractivity contribution in [3.8, 4) is 11.4 Å². The van der Waals surface area contributed by atoms with Gasteiger partial charge in [-0.2, -0.15) is 0 Å². The second-order valence-corrected chi connectivity index (χ2v) is 7.99. The number of rotatable bonds is 7. The first kappa shape index (κ1) is 21.5. The highest BCUT2D eigenvalue weighted by Gasteiger charge is 2.42. The predicted molar refractivity (Wildman–Crippen MR) is 113 cm³/mol. The van der Waals surface area contributed by atoms with Gasteiger partial charge in [-0.15, -0.1) is 0 Å². The third-order valence-electron chi connectivity index (χ3n) is 6.01. The average Bonchev–Trinajstić information content (AvgIpc) is 3.09. The van der Waals surface area contributed by atoms with Crippen LogP contribution in [0.25, 0.3) is 11.4 Å². The molecular weight excluding hydrogens is 400 g/mol. The van der Waals surface area contributed by atoms with Gasteiger partial charge in [0.15, 0.2) is 17.5 Å². The second-order valence-electron chi connectivity index (χ2n) is 7.99. The van der Waals surface area contributed by atoms with Crippen LogP contribution in [0.1, 0.15) is 17.7 Å². The molecule has 0 saturated heterocycles. The van der Waals surface area contributed by atoms with E-state index >= 15 is 0 Å². The maximum absolute atomic E-state index is 13.5. The second kappa shape index (κ2) is 9.60. The van der Waals surface area contributed by atoms with Crippen LogP contribution in [0.2, 0.25) is 0 Å². The SMILES string of the molecule is OCC1C(O)CC(NCc2ccc(F)c(F)c2)C1Cc1ccnc(-c2ccccc2)n1. The van der Waals surface area contributed by atoms with Gasteiger partial charge in [-0.1, -0.05) is 36.4 Å². The lowest BCUT2D eigenvalue weighted by atomic mass is 9.88. The average molecular weight is 425 g/mol. The molecule has 0 radical (unpaired) electrons. The molecule has 3 aromatic rings. The normalized spacial score (nSPS) is 23.2. The highest BCUT2D eigenvalue weighted by atomic mass is 19.2. The molecule has 3 N–H and O–H groups in total. The van der Waals surface area contributed by atoms with Crippen molar-refractivity contribution in [2.24, 2.45) is 11.8 Å². The lowest BCUT2D eigenvalue weighted by Crippen LogP contribution is -2.36. The molecule has 0 bridgehead atoms. The van der Waals surface area contributed by atoms with Crippen LogP contribution in [0.5, 0.6) is 0 Å². The molecule has 1 aromatic heterocycles. The number of nitrogens with one attached hydrogen (secondary N) is 1. The van der Waals surface area contributed by atoms with Crippen LogP contribution in [-0.4, -0.2) is 38.9 Å². The smallest absolute Gasteiger partial charge is 0.159 e. The summed E-state index contributed by atoms with van der Waals surface area (Å²) in [6.07, 6.45) is 2.09. The largest absolute Gasteiger partial charge is 0.396 e. The fourth-order valence-corrected chi connectivity index (χ4v) is 4.35. The van der Waals surface area contributed by atoms with E-state index in [9.17, 15) is 19.0 Å². The molecule has 4 atom stereocenters. The van der Waals surface area contributed by atoms with E-state index in [-0.39, 0.29) is 24.5 Å². The van der Waals surface area contributed by atoms with Crippen molar-refractivity contribution in [1.82, 2.24) is 15.3 Å². The molecule has 1 aliphatic carbocycles. The monoisotopic (exact) mass is 425 g/mol. The van der Waals surface area contributed by atoms with Crippen LogP contribution in [0.4, 0.5) is 8.78 Å².